The number of hydrogen-bond acceptors (Lipinski definition) is 2. The van der Waals surface area contributed by atoms with Crippen molar-refractivity contribution in [2.45, 2.75) is 84.6 Å². The van der Waals surface area contributed by atoms with Crippen molar-refractivity contribution in [3.63, 3.8) is 0 Å². The Morgan fingerprint density at radius 3 is 2.38 bits per heavy atom. The van der Waals surface area contributed by atoms with E-state index < -0.39 is 6.03 Å². The van der Waals surface area contributed by atoms with Crippen molar-refractivity contribution in [2.75, 3.05) is 0 Å². The van der Waals surface area contributed by atoms with E-state index in [-0.39, 0.29) is 11.7 Å². The number of nitrogens with two attached hydrogens (primary N) is 1. The standard InChI is InChI=1S/C21H33N3O2/c1-5-7-8-9-12-16(11-6-2)17-13-10-14-18-19(17)23(15(3)4)21(26)24(18)20(22)25/h10,13-16H,5-9,11-12H2,1-4H3,(H2,22,25). The third kappa shape index (κ3) is 4.02. The molecule has 1 unspecified atom stereocenters. The van der Waals surface area contributed by atoms with Gasteiger partial charge in [-0.25, -0.2) is 14.2 Å². The Morgan fingerprint density at radius 1 is 1.08 bits per heavy atom. The van der Waals surface area contributed by atoms with Gasteiger partial charge in [-0.1, -0.05) is 58.1 Å². The molecule has 1 amide bonds. The molecule has 26 heavy (non-hydrogen) atoms. The lowest BCUT2D eigenvalue weighted by Crippen LogP contribution is -2.33. The van der Waals surface area contributed by atoms with Crippen molar-refractivity contribution in [1.82, 2.24) is 9.13 Å². The van der Waals surface area contributed by atoms with Gasteiger partial charge < -0.3 is 5.73 Å². The van der Waals surface area contributed by atoms with Crippen molar-refractivity contribution in [2.24, 2.45) is 5.73 Å². The average molecular weight is 360 g/mol. The van der Waals surface area contributed by atoms with E-state index in [1.165, 1.54) is 31.2 Å². The number of benzene rings is 1. The van der Waals surface area contributed by atoms with Gasteiger partial charge in [-0.3, -0.25) is 4.57 Å². The quantitative estimate of drug-likeness (QED) is 0.628. The second-order valence-corrected chi connectivity index (χ2v) is 7.47. The maximum Gasteiger partial charge on any atom is 0.337 e. The molecule has 0 aliphatic heterocycles. The number of fused-ring (bicyclic) bond motifs is 1. The average Bonchev–Trinajstić information content (AvgIpc) is 2.89. The number of amides is 1. The summed E-state index contributed by atoms with van der Waals surface area (Å²) in [6.45, 7) is 8.36. The Hall–Kier alpha value is -2.04. The van der Waals surface area contributed by atoms with Gasteiger partial charge in [-0.2, -0.15) is 0 Å². The third-order valence-corrected chi connectivity index (χ3v) is 5.14. The fourth-order valence-electron chi connectivity index (χ4n) is 3.94. The van der Waals surface area contributed by atoms with Gasteiger partial charge in [0.15, 0.2) is 0 Å². The van der Waals surface area contributed by atoms with E-state index in [0.717, 1.165) is 29.3 Å². The lowest BCUT2D eigenvalue weighted by atomic mass is 9.88. The van der Waals surface area contributed by atoms with Crippen LogP contribution < -0.4 is 11.4 Å². The predicted octanol–water partition coefficient (Wildman–Crippen LogP) is 5.16. The van der Waals surface area contributed by atoms with Crippen molar-refractivity contribution in [3.8, 4) is 0 Å². The minimum absolute atomic E-state index is 0.0332. The molecule has 0 saturated carbocycles. The summed E-state index contributed by atoms with van der Waals surface area (Å²) in [6.07, 6.45) is 8.21. The number of carbonyl (C=O) groups excluding carboxylic acids is 1. The molecular weight excluding hydrogens is 326 g/mol. The molecule has 1 atom stereocenters. The van der Waals surface area contributed by atoms with Gasteiger partial charge in [0.25, 0.3) is 0 Å². The van der Waals surface area contributed by atoms with Crippen LogP contribution in [0.5, 0.6) is 0 Å². The topological polar surface area (TPSA) is 70.0 Å². The van der Waals surface area contributed by atoms with Gasteiger partial charge >= 0.3 is 11.7 Å². The van der Waals surface area contributed by atoms with E-state index in [1.807, 2.05) is 26.0 Å². The lowest BCUT2D eigenvalue weighted by molar-refractivity contribution is 0.250. The molecule has 2 rings (SSSR count). The zero-order chi connectivity index (χ0) is 19.3. The van der Waals surface area contributed by atoms with Crippen LogP contribution >= 0.6 is 0 Å². The molecule has 0 aliphatic carbocycles. The summed E-state index contributed by atoms with van der Waals surface area (Å²) in [5, 5.41) is 0. The first-order valence-corrected chi connectivity index (χ1v) is 9.99. The molecule has 1 aromatic carbocycles. The molecule has 0 bridgehead atoms. The number of para-hydroxylation sites is 1. The van der Waals surface area contributed by atoms with Crippen LogP contribution in [0.2, 0.25) is 0 Å². The number of primary amides is 1. The highest BCUT2D eigenvalue weighted by atomic mass is 16.2. The Morgan fingerprint density at radius 2 is 1.81 bits per heavy atom. The highest BCUT2D eigenvalue weighted by molar-refractivity contribution is 5.90. The maximum absolute atomic E-state index is 12.8. The smallest absolute Gasteiger partial charge is 0.337 e. The summed E-state index contributed by atoms with van der Waals surface area (Å²) >= 11 is 0. The van der Waals surface area contributed by atoms with E-state index >= 15 is 0 Å². The number of carbonyl (C=O) groups is 1. The second kappa shape index (κ2) is 9.06. The molecule has 144 valence electrons. The molecule has 0 radical (unpaired) electrons. The Kier molecular flexibility index (Phi) is 7.06. The molecule has 0 saturated heterocycles. The minimum Gasteiger partial charge on any atom is -0.351 e. The number of rotatable bonds is 9. The molecule has 5 heteroatoms. The van der Waals surface area contributed by atoms with Crippen LogP contribution in [0.3, 0.4) is 0 Å². The van der Waals surface area contributed by atoms with E-state index in [1.54, 1.807) is 4.57 Å². The normalized spacial score (nSPS) is 12.8. The molecule has 0 fully saturated rings. The minimum atomic E-state index is -0.716. The Balaban J connectivity index is 2.59. The van der Waals surface area contributed by atoms with Gasteiger partial charge in [-0.05, 0) is 44.2 Å². The van der Waals surface area contributed by atoms with Gasteiger partial charge in [-0.15, -0.1) is 0 Å². The van der Waals surface area contributed by atoms with E-state index in [0.29, 0.717) is 11.4 Å². The second-order valence-electron chi connectivity index (χ2n) is 7.47. The summed E-state index contributed by atoms with van der Waals surface area (Å²) in [6, 6.07) is 5.13. The number of hydrogen-bond donors (Lipinski definition) is 1. The number of unbranched alkanes of at least 4 members (excludes halogenated alkanes) is 3. The molecule has 5 nitrogen and oxygen atoms in total. The molecule has 1 aromatic heterocycles. The molecule has 2 N–H and O–H groups in total. The fourth-order valence-corrected chi connectivity index (χ4v) is 3.94. The van der Waals surface area contributed by atoms with Gasteiger partial charge in [0.05, 0.1) is 11.0 Å². The van der Waals surface area contributed by atoms with Crippen LogP contribution in [0.1, 0.15) is 90.2 Å². The predicted molar refractivity (Wildman–Crippen MR) is 108 cm³/mol. The van der Waals surface area contributed by atoms with Crippen LogP contribution in [0.25, 0.3) is 11.0 Å². The summed E-state index contributed by atoms with van der Waals surface area (Å²) < 4.78 is 2.84. The number of imidazole rings is 1. The van der Waals surface area contributed by atoms with Crippen molar-refractivity contribution in [3.05, 3.63) is 34.2 Å². The SMILES string of the molecule is CCCCCCC(CCC)c1cccc2c1n(C(C)C)c(=O)n2C(N)=O. The van der Waals surface area contributed by atoms with Crippen molar-refractivity contribution >= 4 is 17.1 Å². The number of nitrogens with zero attached hydrogens (tertiary/aromatic N) is 2. The first-order valence-electron chi connectivity index (χ1n) is 9.99. The van der Waals surface area contributed by atoms with Crippen LogP contribution in [-0.2, 0) is 0 Å². The van der Waals surface area contributed by atoms with Gasteiger partial charge in [0, 0.05) is 6.04 Å². The lowest BCUT2D eigenvalue weighted by Gasteiger charge is -2.20. The zero-order valence-corrected chi connectivity index (χ0v) is 16.6. The summed E-state index contributed by atoms with van der Waals surface area (Å²) in [5.74, 6) is 0.397. The largest absolute Gasteiger partial charge is 0.351 e. The summed E-state index contributed by atoms with van der Waals surface area (Å²) in [4.78, 5) is 24.7. The molecule has 2 aromatic rings. The molecular formula is C21H33N3O2. The van der Waals surface area contributed by atoms with E-state index in [4.69, 9.17) is 5.73 Å². The fraction of sp³-hybridized carbons (Fsp3) is 0.619. The van der Waals surface area contributed by atoms with Gasteiger partial charge in [0.1, 0.15) is 0 Å². The monoisotopic (exact) mass is 359 g/mol. The first kappa shape index (κ1) is 20.3. The van der Waals surface area contributed by atoms with E-state index in [2.05, 4.69) is 19.9 Å². The highest BCUT2D eigenvalue weighted by Crippen LogP contribution is 2.33. The van der Waals surface area contributed by atoms with Crippen molar-refractivity contribution in [1.29, 1.82) is 0 Å². The first-order chi connectivity index (χ1) is 12.4. The maximum atomic E-state index is 12.8. The van der Waals surface area contributed by atoms with Crippen LogP contribution in [0.15, 0.2) is 23.0 Å². The zero-order valence-electron chi connectivity index (χ0n) is 16.6. The Bertz CT molecular complexity index is 801. The van der Waals surface area contributed by atoms with Gasteiger partial charge in [0.2, 0.25) is 0 Å². The molecule has 0 aliphatic rings. The van der Waals surface area contributed by atoms with Crippen LogP contribution in [0.4, 0.5) is 4.79 Å². The highest BCUT2D eigenvalue weighted by Gasteiger charge is 2.23. The molecule has 0 spiro atoms. The Labute approximate surface area is 156 Å². The van der Waals surface area contributed by atoms with Crippen LogP contribution in [-0.4, -0.2) is 15.2 Å². The van der Waals surface area contributed by atoms with Crippen LogP contribution in [0, 0.1) is 0 Å². The summed E-state index contributed by atoms with van der Waals surface area (Å²) in [5.41, 5.74) is 7.84. The van der Waals surface area contributed by atoms with E-state index in [9.17, 15) is 9.59 Å². The number of aromatic nitrogens is 2. The van der Waals surface area contributed by atoms with Crippen molar-refractivity contribution < 1.29 is 4.79 Å². The summed E-state index contributed by atoms with van der Waals surface area (Å²) in [7, 11) is 0. The third-order valence-electron chi connectivity index (χ3n) is 5.14. The molecule has 1 heterocycles.